The van der Waals surface area contributed by atoms with E-state index in [0.717, 1.165) is 61.0 Å². The van der Waals surface area contributed by atoms with Gasteiger partial charge in [0.2, 0.25) is 0 Å². The van der Waals surface area contributed by atoms with E-state index in [2.05, 4.69) is 83.0 Å². The first-order valence-electron chi connectivity index (χ1n) is 16.4. The van der Waals surface area contributed by atoms with Crippen molar-refractivity contribution < 1.29 is 14.3 Å². The second-order valence-electron chi connectivity index (χ2n) is 13.3. The molecule has 1 aliphatic rings. The number of methoxy groups -OCH3 is 2. The molecule has 0 fully saturated rings. The van der Waals surface area contributed by atoms with Gasteiger partial charge in [-0.05, 0) is 89.0 Å². The fourth-order valence-electron chi connectivity index (χ4n) is 5.99. The maximum atomic E-state index is 13.0. The summed E-state index contributed by atoms with van der Waals surface area (Å²) < 4.78 is 12.8. The van der Waals surface area contributed by atoms with Crippen LogP contribution in [0, 0.1) is 0 Å². The van der Waals surface area contributed by atoms with Crippen LogP contribution in [0.5, 0.6) is 11.5 Å². The highest BCUT2D eigenvalue weighted by molar-refractivity contribution is 6.05. The molecule has 6 rings (SSSR count). The molecule has 0 aliphatic carbocycles. The maximum absolute atomic E-state index is 13.0. The highest BCUT2D eigenvalue weighted by atomic mass is 16.5. The minimum atomic E-state index is -0.151. The van der Waals surface area contributed by atoms with Crippen LogP contribution in [0.2, 0.25) is 0 Å². The number of nitrogens with one attached hydrogen (secondary N) is 2. The molecular weight excluding hydrogens is 600 g/mol. The third kappa shape index (κ3) is 7.69. The predicted molar refractivity (Wildman–Crippen MR) is 190 cm³/mol. The monoisotopic (exact) mass is 644 g/mol. The number of hydrogen-bond donors (Lipinski definition) is 2. The van der Waals surface area contributed by atoms with Crippen LogP contribution in [-0.2, 0) is 31.3 Å². The van der Waals surface area contributed by atoms with Crippen LogP contribution in [0.25, 0.3) is 5.69 Å². The summed E-state index contributed by atoms with van der Waals surface area (Å²) in [5.41, 5.74) is 9.03. The molecule has 5 aromatic rings. The van der Waals surface area contributed by atoms with Crippen LogP contribution in [0.15, 0.2) is 91.1 Å². The third-order valence-electron chi connectivity index (χ3n) is 8.90. The van der Waals surface area contributed by atoms with E-state index < -0.39 is 0 Å². The summed E-state index contributed by atoms with van der Waals surface area (Å²) in [5, 5.41) is 15.2. The lowest BCUT2D eigenvalue weighted by Crippen LogP contribution is -2.32. The van der Waals surface area contributed by atoms with Gasteiger partial charge >= 0.3 is 0 Å². The van der Waals surface area contributed by atoms with Gasteiger partial charge in [0.25, 0.3) is 5.91 Å². The van der Waals surface area contributed by atoms with E-state index in [1.807, 2.05) is 54.7 Å². The Morgan fingerprint density at radius 3 is 2.25 bits per heavy atom. The summed E-state index contributed by atoms with van der Waals surface area (Å²) in [4.78, 5) is 15.5. The van der Waals surface area contributed by atoms with Crippen LogP contribution >= 0.6 is 0 Å². The Morgan fingerprint density at radius 1 is 0.875 bits per heavy atom. The van der Waals surface area contributed by atoms with Crippen molar-refractivity contribution in [3.63, 3.8) is 0 Å². The lowest BCUT2D eigenvalue weighted by molar-refractivity contribution is 0.102. The van der Waals surface area contributed by atoms with E-state index in [-0.39, 0.29) is 11.3 Å². The van der Waals surface area contributed by atoms with E-state index in [0.29, 0.717) is 17.8 Å². The van der Waals surface area contributed by atoms with E-state index in [1.54, 1.807) is 18.9 Å². The molecule has 48 heavy (non-hydrogen) atoms. The van der Waals surface area contributed by atoms with Crippen LogP contribution in [-0.4, -0.2) is 53.1 Å². The maximum Gasteiger partial charge on any atom is 0.255 e. The van der Waals surface area contributed by atoms with Crippen LogP contribution in [0.1, 0.15) is 59.1 Å². The van der Waals surface area contributed by atoms with E-state index in [1.165, 1.54) is 22.3 Å². The number of para-hydroxylation sites is 2. The van der Waals surface area contributed by atoms with Crippen molar-refractivity contribution in [2.45, 2.75) is 52.1 Å². The average molecular weight is 645 g/mol. The van der Waals surface area contributed by atoms with Gasteiger partial charge in [0.1, 0.15) is 5.69 Å². The van der Waals surface area contributed by atoms with Crippen molar-refractivity contribution in [2.24, 2.45) is 0 Å². The standard InChI is InChI=1S/C39H44N6O3/c1-39(2,3)31-14-12-28(13-15-31)38(46)41-35-9-7-6-8-34(35)40-24-32-26-45(43-42-32)33-16-10-27(11-17-33)18-20-44-21-19-29-22-36(47-4)37(48-5)23-30(29)25-44/h6-17,22-23,26,40H,18-21,24-25H2,1-5H3,(H,41,46). The molecular formula is C39H44N6O3. The summed E-state index contributed by atoms with van der Waals surface area (Å²) in [5.74, 6) is 1.43. The number of aromatic nitrogens is 3. The quantitative estimate of drug-likeness (QED) is 0.159. The van der Waals surface area contributed by atoms with Gasteiger partial charge in [0.05, 0.1) is 44.0 Å². The van der Waals surface area contributed by atoms with Gasteiger partial charge in [-0.3, -0.25) is 9.69 Å². The first kappa shape index (κ1) is 32.8. The zero-order valence-corrected chi connectivity index (χ0v) is 28.4. The molecule has 0 saturated heterocycles. The number of anilines is 2. The van der Waals surface area contributed by atoms with E-state index in [9.17, 15) is 4.79 Å². The lowest BCUT2D eigenvalue weighted by Gasteiger charge is -2.29. The highest BCUT2D eigenvalue weighted by Crippen LogP contribution is 2.33. The first-order valence-corrected chi connectivity index (χ1v) is 16.4. The summed E-state index contributed by atoms with van der Waals surface area (Å²) in [6.45, 7) is 9.86. The Balaban J connectivity index is 1.02. The number of fused-ring (bicyclic) bond motifs is 1. The molecule has 0 unspecified atom stereocenters. The summed E-state index contributed by atoms with van der Waals surface area (Å²) in [6.07, 6.45) is 3.90. The number of ether oxygens (including phenoxy) is 2. The van der Waals surface area contributed by atoms with Crippen LogP contribution < -0.4 is 20.1 Å². The molecule has 0 spiro atoms. The molecule has 1 aromatic heterocycles. The molecule has 4 aromatic carbocycles. The Hall–Kier alpha value is -5.15. The fourth-order valence-corrected chi connectivity index (χ4v) is 5.99. The second kappa shape index (κ2) is 14.3. The van der Waals surface area contributed by atoms with Gasteiger partial charge in [-0.2, -0.15) is 0 Å². The zero-order chi connectivity index (χ0) is 33.7. The molecule has 0 saturated carbocycles. The summed E-state index contributed by atoms with van der Waals surface area (Å²) in [6, 6.07) is 28.2. The van der Waals surface area contributed by atoms with Gasteiger partial charge in [-0.25, -0.2) is 4.68 Å². The van der Waals surface area contributed by atoms with E-state index >= 15 is 0 Å². The Morgan fingerprint density at radius 2 is 1.56 bits per heavy atom. The molecule has 9 nitrogen and oxygen atoms in total. The number of carbonyl (C=O) groups excluding carboxylic acids is 1. The van der Waals surface area contributed by atoms with Gasteiger partial charge < -0.3 is 20.1 Å². The van der Waals surface area contributed by atoms with Gasteiger partial charge in [0, 0.05) is 25.2 Å². The molecule has 0 atom stereocenters. The second-order valence-corrected chi connectivity index (χ2v) is 13.3. The molecule has 1 amide bonds. The number of amides is 1. The largest absolute Gasteiger partial charge is 0.493 e. The SMILES string of the molecule is COc1cc2c(cc1OC)CN(CCc1ccc(-n3cc(CNc4ccccc4NC(=O)c4ccc(C(C)(C)C)cc4)nn3)cc1)CC2. The highest BCUT2D eigenvalue weighted by Gasteiger charge is 2.20. The first-order chi connectivity index (χ1) is 23.2. The Bertz CT molecular complexity index is 1860. The van der Waals surface area contributed by atoms with Gasteiger partial charge in [0.15, 0.2) is 11.5 Å². The van der Waals surface area contributed by atoms with Gasteiger partial charge in [-0.1, -0.05) is 62.4 Å². The van der Waals surface area contributed by atoms with Crippen LogP contribution in [0.4, 0.5) is 11.4 Å². The Kier molecular flexibility index (Phi) is 9.77. The van der Waals surface area contributed by atoms with Crippen molar-refractivity contribution in [3.05, 3.63) is 125 Å². The Labute approximate surface area is 282 Å². The fraction of sp³-hybridized carbons (Fsp3) is 0.308. The summed E-state index contributed by atoms with van der Waals surface area (Å²) >= 11 is 0. The molecule has 0 radical (unpaired) electrons. The molecule has 1 aliphatic heterocycles. The van der Waals surface area contributed by atoms with Gasteiger partial charge in [-0.15, -0.1) is 5.10 Å². The summed E-state index contributed by atoms with van der Waals surface area (Å²) in [7, 11) is 3.37. The van der Waals surface area contributed by atoms with Crippen molar-refractivity contribution in [2.75, 3.05) is 37.9 Å². The predicted octanol–water partition coefficient (Wildman–Crippen LogP) is 7.05. The van der Waals surface area contributed by atoms with Crippen LogP contribution in [0.3, 0.4) is 0 Å². The smallest absolute Gasteiger partial charge is 0.255 e. The molecule has 2 heterocycles. The van der Waals surface area contributed by atoms with Crippen molar-refractivity contribution in [3.8, 4) is 17.2 Å². The molecule has 9 heteroatoms. The molecule has 248 valence electrons. The van der Waals surface area contributed by atoms with E-state index in [4.69, 9.17) is 9.47 Å². The third-order valence-corrected chi connectivity index (χ3v) is 8.90. The number of nitrogens with zero attached hydrogens (tertiary/aromatic N) is 4. The lowest BCUT2D eigenvalue weighted by atomic mass is 9.87. The average Bonchev–Trinajstić information content (AvgIpc) is 3.58. The topological polar surface area (TPSA) is 93.5 Å². The van der Waals surface area contributed by atoms with Crippen molar-refractivity contribution >= 4 is 17.3 Å². The van der Waals surface area contributed by atoms with Crippen molar-refractivity contribution in [1.29, 1.82) is 0 Å². The number of benzene rings is 4. The zero-order valence-electron chi connectivity index (χ0n) is 28.4. The molecule has 2 N–H and O–H groups in total. The minimum absolute atomic E-state index is 0.0323. The number of hydrogen-bond acceptors (Lipinski definition) is 7. The van der Waals surface area contributed by atoms with Crippen molar-refractivity contribution in [1.82, 2.24) is 19.9 Å². The normalized spacial score (nSPS) is 13.1. The minimum Gasteiger partial charge on any atom is -0.493 e. The number of rotatable bonds is 11. The molecule has 0 bridgehead atoms. The number of carbonyl (C=O) groups is 1.